The van der Waals surface area contributed by atoms with Gasteiger partial charge in [0.25, 0.3) is 5.91 Å². The van der Waals surface area contributed by atoms with Crippen molar-refractivity contribution in [3.63, 3.8) is 0 Å². The van der Waals surface area contributed by atoms with E-state index in [2.05, 4.69) is 5.32 Å². The number of hydrogen-bond donors (Lipinski definition) is 1. The van der Waals surface area contributed by atoms with Gasteiger partial charge in [-0.2, -0.15) is 0 Å². The molecule has 3 aromatic carbocycles. The van der Waals surface area contributed by atoms with E-state index >= 15 is 0 Å². The van der Waals surface area contributed by atoms with Crippen LogP contribution in [0.5, 0.6) is 5.75 Å². The summed E-state index contributed by atoms with van der Waals surface area (Å²) in [5.41, 5.74) is 1.29. The highest BCUT2D eigenvalue weighted by atomic mass is 35.5. The molecule has 0 aliphatic heterocycles. The van der Waals surface area contributed by atoms with Crippen LogP contribution in [0, 0.1) is 0 Å². The summed E-state index contributed by atoms with van der Waals surface area (Å²) in [5.74, 6) is -0.279. The zero-order valence-electron chi connectivity index (χ0n) is 20.4. The molecule has 1 N–H and O–H groups in total. The van der Waals surface area contributed by atoms with Gasteiger partial charge >= 0.3 is 0 Å². The summed E-state index contributed by atoms with van der Waals surface area (Å²) in [6, 6.07) is 20.8. The Morgan fingerprint density at radius 1 is 0.889 bits per heavy atom. The van der Waals surface area contributed by atoms with Gasteiger partial charge in [-0.3, -0.25) is 9.59 Å². The Bertz CT molecular complexity index is 1180. The smallest absolute Gasteiger partial charge is 0.261 e. The molecule has 0 fully saturated rings. The van der Waals surface area contributed by atoms with Gasteiger partial charge in [0.1, 0.15) is 11.8 Å². The fraction of sp³-hybridized carbons (Fsp3) is 0.286. The first-order valence-electron chi connectivity index (χ1n) is 11.5. The average Bonchev–Trinajstić information content (AvgIpc) is 2.81. The molecule has 0 radical (unpaired) electrons. The Hall–Kier alpha value is -2.73. The molecule has 0 bridgehead atoms. The summed E-state index contributed by atoms with van der Waals surface area (Å²) in [4.78, 5) is 28.7. The van der Waals surface area contributed by atoms with E-state index in [0.29, 0.717) is 27.2 Å². The number of ether oxygens (including phenoxy) is 1. The molecule has 190 valence electrons. The van der Waals surface area contributed by atoms with Crippen LogP contribution in [0.1, 0.15) is 31.9 Å². The van der Waals surface area contributed by atoms with Crippen LogP contribution in [0.3, 0.4) is 0 Å². The number of hydrogen-bond acceptors (Lipinski definition) is 3. The van der Waals surface area contributed by atoms with Crippen molar-refractivity contribution >= 4 is 46.6 Å². The van der Waals surface area contributed by atoms with Crippen LogP contribution in [-0.2, 0) is 22.6 Å². The molecule has 8 heteroatoms. The first-order chi connectivity index (χ1) is 17.0. The average molecular weight is 548 g/mol. The number of carbonyl (C=O) groups excluding carboxylic acids is 2. The number of nitrogens with zero attached hydrogens (tertiary/aromatic N) is 1. The van der Waals surface area contributed by atoms with Crippen molar-refractivity contribution in [2.24, 2.45) is 0 Å². The lowest BCUT2D eigenvalue weighted by molar-refractivity contribution is -0.143. The third-order valence-corrected chi connectivity index (χ3v) is 6.06. The zero-order valence-corrected chi connectivity index (χ0v) is 22.7. The van der Waals surface area contributed by atoms with Crippen LogP contribution in [0.15, 0.2) is 72.8 Å². The summed E-state index contributed by atoms with van der Waals surface area (Å²) >= 11 is 18.2. The van der Waals surface area contributed by atoms with Crippen molar-refractivity contribution in [1.29, 1.82) is 0 Å². The van der Waals surface area contributed by atoms with Crippen molar-refractivity contribution in [2.75, 3.05) is 6.61 Å². The summed E-state index contributed by atoms with van der Waals surface area (Å²) < 4.78 is 5.74. The van der Waals surface area contributed by atoms with Gasteiger partial charge in [-0.1, -0.05) is 77.3 Å². The van der Waals surface area contributed by atoms with Crippen molar-refractivity contribution in [3.05, 3.63) is 99.0 Å². The highest BCUT2D eigenvalue weighted by molar-refractivity contribution is 6.35. The fourth-order valence-electron chi connectivity index (χ4n) is 3.61. The summed E-state index contributed by atoms with van der Waals surface area (Å²) in [6.45, 7) is 5.61. The molecule has 0 saturated heterocycles. The van der Waals surface area contributed by atoms with E-state index in [1.807, 2.05) is 63.2 Å². The Morgan fingerprint density at radius 2 is 1.53 bits per heavy atom. The Kier molecular flexibility index (Phi) is 9.66. The summed E-state index contributed by atoms with van der Waals surface area (Å²) in [5, 5.41) is 4.37. The Morgan fingerprint density at radius 3 is 2.14 bits per heavy atom. The molecule has 0 heterocycles. The van der Waals surface area contributed by atoms with Crippen LogP contribution < -0.4 is 10.1 Å². The van der Waals surface area contributed by atoms with E-state index < -0.39 is 11.6 Å². The summed E-state index contributed by atoms with van der Waals surface area (Å²) in [7, 11) is 0. The van der Waals surface area contributed by atoms with Crippen LogP contribution in [0.4, 0.5) is 0 Å². The highest BCUT2D eigenvalue weighted by Gasteiger charge is 2.32. The third-order valence-electron chi connectivity index (χ3n) is 5.28. The fourth-order valence-corrected chi connectivity index (χ4v) is 4.20. The SMILES string of the molecule is CC(C)(C)NC(=O)[C@@H](Cc1ccccc1)N(Cc1ccc(Cl)cc1)C(=O)COc1ccc(Cl)cc1Cl. The minimum Gasteiger partial charge on any atom is -0.482 e. The molecule has 3 rings (SSSR count). The molecule has 0 saturated carbocycles. The summed E-state index contributed by atoms with van der Waals surface area (Å²) in [6.07, 6.45) is 0.337. The van der Waals surface area contributed by atoms with E-state index in [0.717, 1.165) is 11.1 Å². The number of benzene rings is 3. The molecule has 5 nitrogen and oxygen atoms in total. The van der Waals surface area contributed by atoms with Gasteiger partial charge in [-0.15, -0.1) is 0 Å². The topological polar surface area (TPSA) is 58.6 Å². The number of amides is 2. The van der Waals surface area contributed by atoms with Crippen molar-refractivity contribution in [2.45, 2.75) is 45.3 Å². The highest BCUT2D eigenvalue weighted by Crippen LogP contribution is 2.27. The van der Waals surface area contributed by atoms with Crippen LogP contribution >= 0.6 is 34.8 Å². The second-order valence-electron chi connectivity index (χ2n) is 9.46. The van der Waals surface area contributed by atoms with Gasteiger partial charge in [0.05, 0.1) is 5.02 Å². The zero-order chi connectivity index (χ0) is 26.3. The van der Waals surface area contributed by atoms with Gasteiger partial charge in [-0.25, -0.2) is 0 Å². The lowest BCUT2D eigenvalue weighted by Gasteiger charge is -2.33. The first kappa shape index (κ1) is 27.9. The molecule has 0 aromatic heterocycles. The third kappa shape index (κ3) is 8.44. The molecule has 0 aliphatic rings. The van der Waals surface area contributed by atoms with Crippen LogP contribution in [0.2, 0.25) is 15.1 Å². The van der Waals surface area contributed by atoms with E-state index in [1.165, 1.54) is 0 Å². The number of carbonyl (C=O) groups is 2. The molecule has 0 unspecified atom stereocenters. The Labute approximate surface area is 227 Å². The number of halogens is 3. The maximum Gasteiger partial charge on any atom is 0.261 e. The second-order valence-corrected chi connectivity index (χ2v) is 10.7. The molecule has 0 aliphatic carbocycles. The first-order valence-corrected chi connectivity index (χ1v) is 12.6. The number of nitrogens with one attached hydrogen (secondary N) is 1. The van der Waals surface area contributed by atoms with Crippen LogP contribution in [-0.4, -0.2) is 34.9 Å². The maximum absolute atomic E-state index is 13.6. The van der Waals surface area contributed by atoms with Gasteiger partial charge in [0, 0.05) is 28.5 Å². The van der Waals surface area contributed by atoms with Crippen molar-refractivity contribution in [1.82, 2.24) is 10.2 Å². The van der Waals surface area contributed by atoms with E-state index in [4.69, 9.17) is 39.5 Å². The van der Waals surface area contributed by atoms with Gasteiger partial charge < -0.3 is 15.0 Å². The predicted octanol–water partition coefficient (Wildman–Crippen LogP) is 6.58. The lowest BCUT2D eigenvalue weighted by Crippen LogP contribution is -2.55. The monoisotopic (exact) mass is 546 g/mol. The van der Waals surface area contributed by atoms with Gasteiger partial charge in [-0.05, 0) is 62.2 Å². The predicted molar refractivity (Wildman–Crippen MR) is 146 cm³/mol. The molecular weight excluding hydrogens is 519 g/mol. The van der Waals surface area contributed by atoms with Crippen molar-refractivity contribution in [3.8, 4) is 5.75 Å². The van der Waals surface area contributed by atoms with E-state index in [1.54, 1.807) is 35.2 Å². The normalized spacial score (nSPS) is 12.1. The van der Waals surface area contributed by atoms with Crippen LogP contribution in [0.25, 0.3) is 0 Å². The van der Waals surface area contributed by atoms with E-state index in [-0.39, 0.29) is 25.0 Å². The molecule has 1 atom stereocenters. The quantitative estimate of drug-likeness (QED) is 0.329. The van der Waals surface area contributed by atoms with Gasteiger partial charge in [0.15, 0.2) is 6.61 Å². The Balaban J connectivity index is 1.93. The van der Waals surface area contributed by atoms with Gasteiger partial charge in [0.2, 0.25) is 5.91 Å². The number of rotatable bonds is 9. The van der Waals surface area contributed by atoms with Crippen molar-refractivity contribution < 1.29 is 14.3 Å². The molecule has 2 amide bonds. The standard InChI is InChI=1S/C28H29Cl3N2O3/c1-28(2,3)32-27(35)24(15-19-7-5-4-6-8-19)33(17-20-9-11-21(29)12-10-20)26(34)18-36-25-14-13-22(30)16-23(25)31/h4-14,16,24H,15,17-18H2,1-3H3,(H,32,35)/t24-/m1/s1. The minimum atomic E-state index is -0.779. The van der Waals surface area contributed by atoms with E-state index in [9.17, 15) is 9.59 Å². The molecule has 3 aromatic rings. The maximum atomic E-state index is 13.6. The molecular formula is C28H29Cl3N2O3. The lowest BCUT2D eigenvalue weighted by atomic mass is 10.0. The second kappa shape index (κ2) is 12.5. The molecule has 0 spiro atoms. The minimum absolute atomic E-state index is 0.197. The largest absolute Gasteiger partial charge is 0.482 e. The molecule has 36 heavy (non-hydrogen) atoms.